The van der Waals surface area contributed by atoms with E-state index in [1.54, 1.807) is 21.3 Å². The number of hydrogen-bond donors (Lipinski definition) is 2. The van der Waals surface area contributed by atoms with E-state index in [1.165, 1.54) is 11.8 Å². The van der Waals surface area contributed by atoms with Gasteiger partial charge in [-0.3, -0.25) is 0 Å². The minimum atomic E-state index is 0.0928. The summed E-state index contributed by atoms with van der Waals surface area (Å²) >= 11 is 1.41. The first kappa shape index (κ1) is 21.8. The molecule has 11 heteroatoms. The molecule has 0 saturated carbocycles. The van der Waals surface area contributed by atoms with Gasteiger partial charge in [0.1, 0.15) is 0 Å². The maximum atomic E-state index is 6.03. The number of imidazole rings is 1. The maximum Gasteiger partial charge on any atom is 0.224 e. The van der Waals surface area contributed by atoms with Gasteiger partial charge in [0.15, 0.2) is 33.6 Å². The van der Waals surface area contributed by atoms with Crippen LogP contribution in [-0.2, 0) is 11.3 Å². The number of nitrogen functional groups attached to an aromatic ring is 2. The third kappa shape index (κ3) is 4.46. The van der Waals surface area contributed by atoms with Crippen molar-refractivity contribution in [2.45, 2.75) is 36.5 Å². The van der Waals surface area contributed by atoms with Crippen LogP contribution in [0.3, 0.4) is 0 Å². The van der Waals surface area contributed by atoms with Crippen molar-refractivity contribution in [3.05, 3.63) is 12.1 Å². The van der Waals surface area contributed by atoms with Crippen LogP contribution in [0.15, 0.2) is 22.2 Å². The summed E-state index contributed by atoms with van der Waals surface area (Å²) in [4.78, 5) is 13.9. The summed E-state index contributed by atoms with van der Waals surface area (Å²) in [6, 6.07) is 3.70. The van der Waals surface area contributed by atoms with Crippen LogP contribution in [0.5, 0.6) is 17.2 Å². The lowest BCUT2D eigenvalue weighted by Crippen LogP contribution is -2.12. The van der Waals surface area contributed by atoms with Gasteiger partial charge in [0, 0.05) is 4.90 Å². The summed E-state index contributed by atoms with van der Waals surface area (Å²) in [5, 5.41) is 0.665. The van der Waals surface area contributed by atoms with Crippen molar-refractivity contribution in [3.8, 4) is 17.2 Å². The molecule has 0 amide bonds. The molecule has 0 atom stereocenters. The van der Waals surface area contributed by atoms with E-state index in [1.807, 2.05) is 30.5 Å². The van der Waals surface area contributed by atoms with Crippen LogP contribution >= 0.6 is 11.8 Å². The molecule has 0 spiro atoms. The van der Waals surface area contributed by atoms with Gasteiger partial charge in [-0.15, -0.1) is 0 Å². The van der Waals surface area contributed by atoms with Crippen LogP contribution in [0.25, 0.3) is 11.2 Å². The Hall–Kier alpha value is -2.92. The van der Waals surface area contributed by atoms with E-state index < -0.39 is 0 Å². The van der Waals surface area contributed by atoms with Crippen molar-refractivity contribution < 1.29 is 18.9 Å². The molecule has 0 aliphatic carbocycles. The summed E-state index contributed by atoms with van der Waals surface area (Å²) in [6.07, 6.45) is 0.107. The van der Waals surface area contributed by atoms with Gasteiger partial charge in [-0.05, 0) is 26.0 Å². The number of fused-ring (bicyclic) bond motifs is 1. The smallest absolute Gasteiger partial charge is 0.224 e. The lowest BCUT2D eigenvalue weighted by molar-refractivity contribution is 0.0720. The van der Waals surface area contributed by atoms with Gasteiger partial charge < -0.3 is 35.0 Å². The summed E-state index contributed by atoms with van der Waals surface area (Å²) in [5.74, 6) is 1.94. The fourth-order valence-electron chi connectivity index (χ4n) is 2.90. The molecule has 4 N–H and O–H groups in total. The van der Waals surface area contributed by atoms with Crippen LogP contribution in [0.2, 0.25) is 0 Å². The number of benzene rings is 1. The molecule has 3 rings (SSSR count). The zero-order valence-corrected chi connectivity index (χ0v) is 18.4. The lowest BCUT2D eigenvalue weighted by atomic mass is 10.3. The highest BCUT2D eigenvalue weighted by molar-refractivity contribution is 7.99. The fourth-order valence-corrected chi connectivity index (χ4v) is 3.87. The minimum Gasteiger partial charge on any atom is -0.493 e. The van der Waals surface area contributed by atoms with E-state index in [2.05, 4.69) is 15.0 Å². The molecule has 1 aromatic carbocycles. The van der Waals surface area contributed by atoms with Gasteiger partial charge in [-0.2, -0.15) is 9.97 Å². The van der Waals surface area contributed by atoms with E-state index in [-0.39, 0.29) is 17.9 Å². The summed E-state index contributed by atoms with van der Waals surface area (Å²) in [5.41, 5.74) is 12.9. The minimum absolute atomic E-state index is 0.0928. The first-order valence-electron chi connectivity index (χ1n) is 9.26. The van der Waals surface area contributed by atoms with Gasteiger partial charge in [0.05, 0.1) is 40.6 Å². The SMILES string of the molecule is COc1cc(Sc2nc3c(N)nc(N)nc3n2CCOC(C)C)cc(OC)c1OC. The van der Waals surface area contributed by atoms with E-state index in [9.17, 15) is 0 Å². The Morgan fingerprint density at radius 1 is 1.00 bits per heavy atom. The molecule has 2 heterocycles. The molecule has 0 fully saturated rings. The molecule has 0 radical (unpaired) electrons. The van der Waals surface area contributed by atoms with Crippen LogP contribution in [0.4, 0.5) is 11.8 Å². The Morgan fingerprint density at radius 3 is 2.23 bits per heavy atom. The molecule has 162 valence electrons. The fraction of sp³-hybridized carbons (Fsp3) is 0.421. The van der Waals surface area contributed by atoms with Crippen LogP contribution < -0.4 is 25.7 Å². The Labute approximate surface area is 178 Å². The number of methoxy groups -OCH3 is 3. The Bertz CT molecular complexity index is 1010. The van der Waals surface area contributed by atoms with Gasteiger partial charge in [0.25, 0.3) is 0 Å². The number of nitrogens with two attached hydrogens (primary N) is 2. The van der Waals surface area contributed by atoms with Gasteiger partial charge in [0.2, 0.25) is 11.7 Å². The Morgan fingerprint density at radius 2 is 1.67 bits per heavy atom. The Balaban J connectivity index is 2.06. The number of hydrogen-bond acceptors (Lipinski definition) is 10. The zero-order valence-electron chi connectivity index (χ0n) is 17.6. The van der Waals surface area contributed by atoms with Crippen LogP contribution in [0, 0.1) is 0 Å². The van der Waals surface area contributed by atoms with E-state index in [0.717, 1.165) is 4.90 Å². The predicted octanol–water partition coefficient (Wildman–Crippen LogP) is 2.59. The van der Waals surface area contributed by atoms with Crippen molar-refractivity contribution in [1.29, 1.82) is 0 Å². The summed E-state index contributed by atoms with van der Waals surface area (Å²) in [6.45, 7) is 4.97. The highest BCUT2D eigenvalue weighted by Crippen LogP contribution is 2.42. The lowest BCUT2D eigenvalue weighted by Gasteiger charge is -2.14. The van der Waals surface area contributed by atoms with Crippen molar-refractivity contribution in [2.24, 2.45) is 0 Å². The number of nitrogens with zero attached hydrogens (tertiary/aromatic N) is 4. The average Bonchev–Trinajstić information content (AvgIpc) is 3.04. The number of anilines is 2. The van der Waals surface area contributed by atoms with E-state index >= 15 is 0 Å². The molecule has 0 aliphatic rings. The van der Waals surface area contributed by atoms with Crippen molar-refractivity contribution in [1.82, 2.24) is 19.5 Å². The first-order valence-corrected chi connectivity index (χ1v) is 10.1. The van der Waals surface area contributed by atoms with Gasteiger partial charge in [-0.25, -0.2) is 4.98 Å². The van der Waals surface area contributed by atoms with Crippen molar-refractivity contribution in [2.75, 3.05) is 39.4 Å². The molecule has 2 aromatic heterocycles. The van der Waals surface area contributed by atoms with E-state index in [0.29, 0.717) is 46.7 Å². The summed E-state index contributed by atoms with van der Waals surface area (Å²) in [7, 11) is 4.71. The van der Waals surface area contributed by atoms with Crippen LogP contribution in [-0.4, -0.2) is 53.6 Å². The quantitative estimate of drug-likeness (QED) is 0.518. The highest BCUT2D eigenvalue weighted by atomic mass is 32.2. The van der Waals surface area contributed by atoms with Crippen molar-refractivity contribution >= 4 is 34.7 Å². The summed E-state index contributed by atoms with van der Waals surface area (Å²) < 4.78 is 23.9. The largest absolute Gasteiger partial charge is 0.493 e. The molecular weight excluding hydrogens is 408 g/mol. The molecule has 0 bridgehead atoms. The number of ether oxygens (including phenoxy) is 4. The number of aromatic nitrogens is 4. The standard InChI is InChI=1S/C19H26N6O4S/c1-10(2)29-7-6-25-17-14(16(20)23-18(21)24-17)22-19(25)30-11-8-12(26-3)15(28-5)13(9-11)27-4/h8-10H,6-7H2,1-5H3,(H4,20,21,23,24). The van der Waals surface area contributed by atoms with Crippen molar-refractivity contribution in [3.63, 3.8) is 0 Å². The second-order valence-corrected chi connectivity index (χ2v) is 7.61. The average molecular weight is 435 g/mol. The van der Waals surface area contributed by atoms with Gasteiger partial charge in [-0.1, -0.05) is 11.8 Å². The number of rotatable bonds is 9. The predicted molar refractivity (Wildman–Crippen MR) is 115 cm³/mol. The molecular formula is C19H26N6O4S. The molecule has 0 aliphatic heterocycles. The Kier molecular flexibility index (Phi) is 6.73. The zero-order chi connectivity index (χ0) is 21.8. The normalized spacial score (nSPS) is 11.3. The van der Waals surface area contributed by atoms with E-state index in [4.69, 9.17) is 30.4 Å². The third-order valence-corrected chi connectivity index (χ3v) is 5.18. The second kappa shape index (κ2) is 9.26. The monoisotopic (exact) mass is 434 g/mol. The van der Waals surface area contributed by atoms with Crippen LogP contribution in [0.1, 0.15) is 13.8 Å². The molecule has 10 nitrogen and oxygen atoms in total. The molecule has 0 saturated heterocycles. The molecule has 0 unspecified atom stereocenters. The molecule has 30 heavy (non-hydrogen) atoms. The molecule has 3 aromatic rings. The highest BCUT2D eigenvalue weighted by Gasteiger charge is 2.20. The second-order valence-electron chi connectivity index (χ2n) is 6.57. The maximum absolute atomic E-state index is 6.03. The topological polar surface area (TPSA) is 133 Å². The third-order valence-electron chi connectivity index (χ3n) is 4.22. The van der Waals surface area contributed by atoms with Gasteiger partial charge >= 0.3 is 0 Å². The first-order chi connectivity index (χ1) is 14.4.